The molecule has 1 aliphatic carbocycles. The summed E-state index contributed by atoms with van der Waals surface area (Å²) in [5, 5.41) is 0. The highest BCUT2D eigenvalue weighted by molar-refractivity contribution is 5.77. The van der Waals surface area contributed by atoms with E-state index in [1.54, 1.807) is 0 Å². The van der Waals surface area contributed by atoms with Gasteiger partial charge in [-0.2, -0.15) is 0 Å². The molecule has 0 spiro atoms. The van der Waals surface area contributed by atoms with Gasteiger partial charge in [-0.25, -0.2) is 0 Å². The van der Waals surface area contributed by atoms with Crippen LogP contribution in [0.2, 0.25) is 0 Å². The van der Waals surface area contributed by atoms with Crippen LogP contribution in [0, 0.1) is 5.92 Å². The lowest BCUT2D eigenvalue weighted by Crippen LogP contribution is -2.26. The Labute approximate surface area is 78.3 Å². The van der Waals surface area contributed by atoms with Gasteiger partial charge in [-0.05, 0) is 18.4 Å². The largest absolute Gasteiger partial charge is 0.469 e. The van der Waals surface area contributed by atoms with Crippen LogP contribution < -0.4 is 5.73 Å². The van der Waals surface area contributed by atoms with Crippen molar-refractivity contribution in [2.24, 2.45) is 11.7 Å². The molecule has 0 aliphatic heterocycles. The molecule has 0 saturated heterocycles. The van der Waals surface area contributed by atoms with Crippen molar-refractivity contribution in [2.75, 3.05) is 13.7 Å². The zero-order chi connectivity index (χ0) is 9.68. The second-order valence-electron chi connectivity index (χ2n) is 3.00. The van der Waals surface area contributed by atoms with E-state index in [1.807, 2.05) is 6.08 Å². The van der Waals surface area contributed by atoms with E-state index in [-0.39, 0.29) is 11.9 Å². The molecule has 2 N–H and O–H groups in total. The number of esters is 1. The Morgan fingerprint density at radius 3 is 2.92 bits per heavy atom. The second kappa shape index (κ2) is 4.82. The highest BCUT2D eigenvalue weighted by Gasteiger charge is 2.20. The fourth-order valence-corrected chi connectivity index (χ4v) is 1.40. The second-order valence-corrected chi connectivity index (χ2v) is 3.00. The van der Waals surface area contributed by atoms with Crippen molar-refractivity contribution in [1.82, 2.24) is 0 Å². The molecule has 0 aromatic heterocycles. The zero-order valence-electron chi connectivity index (χ0n) is 7.82. The maximum Gasteiger partial charge on any atom is 0.314 e. The number of rotatable bonds is 3. The number of allylic oxidation sites excluding steroid dienone is 3. The van der Waals surface area contributed by atoms with Crippen molar-refractivity contribution in [3.05, 3.63) is 23.8 Å². The van der Waals surface area contributed by atoms with E-state index in [4.69, 9.17) is 5.73 Å². The highest BCUT2D eigenvalue weighted by atomic mass is 16.5. The Bertz CT molecular complexity index is 243. The summed E-state index contributed by atoms with van der Waals surface area (Å²) in [6, 6.07) is 0. The van der Waals surface area contributed by atoms with E-state index in [2.05, 4.69) is 16.9 Å². The molecule has 3 nitrogen and oxygen atoms in total. The molecule has 3 heteroatoms. The summed E-state index contributed by atoms with van der Waals surface area (Å²) in [6.07, 6.45) is 8.09. The molecular formula is C10H15NO2. The van der Waals surface area contributed by atoms with Gasteiger partial charge in [0.05, 0.1) is 13.0 Å². The summed E-state index contributed by atoms with van der Waals surface area (Å²) in [4.78, 5) is 11.3. The van der Waals surface area contributed by atoms with Gasteiger partial charge in [0.25, 0.3) is 0 Å². The topological polar surface area (TPSA) is 52.3 Å². The first kappa shape index (κ1) is 9.99. The van der Waals surface area contributed by atoms with Gasteiger partial charge in [0.2, 0.25) is 0 Å². The molecule has 0 amide bonds. The van der Waals surface area contributed by atoms with Crippen LogP contribution in [0.5, 0.6) is 0 Å². The number of methoxy groups -OCH3 is 1. The van der Waals surface area contributed by atoms with Crippen molar-refractivity contribution >= 4 is 5.97 Å². The van der Waals surface area contributed by atoms with Crippen LogP contribution in [-0.2, 0) is 9.53 Å². The first-order chi connectivity index (χ1) is 6.29. The van der Waals surface area contributed by atoms with Gasteiger partial charge < -0.3 is 10.5 Å². The normalized spacial score (nSPS) is 17.8. The zero-order valence-corrected chi connectivity index (χ0v) is 7.82. The van der Waals surface area contributed by atoms with Gasteiger partial charge in [-0.3, -0.25) is 4.79 Å². The van der Waals surface area contributed by atoms with Gasteiger partial charge in [0, 0.05) is 6.54 Å². The molecule has 1 atom stereocenters. The third-order valence-corrected chi connectivity index (χ3v) is 2.15. The standard InChI is InChI=1S/C10H15NO2/c1-13-10(12)9(7-11)8-5-3-2-4-6-8/h3,5-6,9H,2,4,7,11H2,1H3. The lowest BCUT2D eigenvalue weighted by molar-refractivity contribution is -0.143. The number of nitrogens with two attached hydrogens (primary N) is 1. The monoisotopic (exact) mass is 181 g/mol. The van der Waals surface area contributed by atoms with Crippen molar-refractivity contribution < 1.29 is 9.53 Å². The maximum absolute atomic E-state index is 11.3. The molecule has 0 radical (unpaired) electrons. The quantitative estimate of drug-likeness (QED) is 0.661. The van der Waals surface area contributed by atoms with Gasteiger partial charge >= 0.3 is 5.97 Å². The fourth-order valence-electron chi connectivity index (χ4n) is 1.40. The van der Waals surface area contributed by atoms with Crippen molar-refractivity contribution in [3.63, 3.8) is 0 Å². The van der Waals surface area contributed by atoms with Gasteiger partial charge in [0.15, 0.2) is 0 Å². The molecule has 0 aromatic carbocycles. The van der Waals surface area contributed by atoms with Gasteiger partial charge in [-0.15, -0.1) is 0 Å². The first-order valence-electron chi connectivity index (χ1n) is 4.44. The van der Waals surface area contributed by atoms with E-state index < -0.39 is 0 Å². The Morgan fingerprint density at radius 2 is 2.46 bits per heavy atom. The highest BCUT2D eigenvalue weighted by Crippen LogP contribution is 2.18. The summed E-state index contributed by atoms with van der Waals surface area (Å²) in [7, 11) is 1.39. The number of carbonyl (C=O) groups is 1. The fraction of sp³-hybridized carbons (Fsp3) is 0.500. The van der Waals surface area contributed by atoms with Crippen LogP contribution in [0.25, 0.3) is 0 Å². The Kier molecular flexibility index (Phi) is 3.71. The van der Waals surface area contributed by atoms with E-state index >= 15 is 0 Å². The number of ether oxygens (including phenoxy) is 1. The molecule has 0 aromatic rings. The Hall–Kier alpha value is -1.09. The number of hydrogen-bond donors (Lipinski definition) is 1. The van der Waals surface area contributed by atoms with Crippen LogP contribution in [0.4, 0.5) is 0 Å². The molecule has 72 valence electrons. The SMILES string of the molecule is COC(=O)C(CN)C1=CCCC=C1. The van der Waals surface area contributed by atoms with Crippen molar-refractivity contribution in [2.45, 2.75) is 12.8 Å². The van der Waals surface area contributed by atoms with Crippen LogP contribution in [0.1, 0.15) is 12.8 Å². The van der Waals surface area contributed by atoms with Gasteiger partial charge in [-0.1, -0.05) is 18.2 Å². The van der Waals surface area contributed by atoms with Crippen molar-refractivity contribution in [3.8, 4) is 0 Å². The number of carbonyl (C=O) groups excluding carboxylic acids is 1. The predicted octanol–water partition coefficient (Wildman–Crippen LogP) is 1.01. The summed E-state index contributed by atoms with van der Waals surface area (Å²) < 4.78 is 4.66. The molecule has 0 saturated carbocycles. The van der Waals surface area contributed by atoms with E-state index in [1.165, 1.54) is 7.11 Å². The lowest BCUT2D eigenvalue weighted by atomic mass is 9.94. The van der Waals surface area contributed by atoms with Crippen molar-refractivity contribution in [1.29, 1.82) is 0 Å². The first-order valence-corrected chi connectivity index (χ1v) is 4.44. The molecule has 13 heavy (non-hydrogen) atoms. The maximum atomic E-state index is 11.3. The Balaban J connectivity index is 2.71. The minimum atomic E-state index is -0.290. The average molecular weight is 181 g/mol. The summed E-state index contributed by atoms with van der Waals surface area (Å²) in [5.74, 6) is -0.540. The van der Waals surface area contributed by atoms with E-state index in [0.29, 0.717) is 6.54 Å². The Morgan fingerprint density at radius 1 is 1.69 bits per heavy atom. The lowest BCUT2D eigenvalue weighted by Gasteiger charge is -2.15. The molecule has 0 heterocycles. The van der Waals surface area contributed by atoms with Crippen LogP contribution >= 0.6 is 0 Å². The average Bonchev–Trinajstić information content (AvgIpc) is 2.20. The number of hydrogen-bond acceptors (Lipinski definition) is 3. The van der Waals surface area contributed by atoms with E-state index in [0.717, 1.165) is 18.4 Å². The van der Waals surface area contributed by atoms with Crippen LogP contribution in [0.15, 0.2) is 23.8 Å². The molecule has 1 unspecified atom stereocenters. The third-order valence-electron chi connectivity index (χ3n) is 2.15. The summed E-state index contributed by atoms with van der Waals surface area (Å²) in [6.45, 7) is 0.308. The van der Waals surface area contributed by atoms with Gasteiger partial charge in [0.1, 0.15) is 0 Å². The minimum Gasteiger partial charge on any atom is -0.469 e. The summed E-state index contributed by atoms with van der Waals surface area (Å²) in [5.41, 5.74) is 6.49. The van der Waals surface area contributed by atoms with Crippen LogP contribution in [-0.4, -0.2) is 19.6 Å². The third kappa shape index (κ3) is 2.42. The predicted molar refractivity (Wildman–Crippen MR) is 51.0 cm³/mol. The molecule has 1 rings (SSSR count). The molecule has 0 bridgehead atoms. The van der Waals surface area contributed by atoms with E-state index in [9.17, 15) is 4.79 Å². The molecule has 1 aliphatic rings. The smallest absolute Gasteiger partial charge is 0.314 e. The summed E-state index contributed by atoms with van der Waals surface area (Å²) >= 11 is 0. The van der Waals surface area contributed by atoms with Crippen LogP contribution in [0.3, 0.4) is 0 Å². The minimum absolute atomic E-state index is 0.250. The molecule has 0 fully saturated rings. The molecular weight excluding hydrogens is 166 g/mol.